The molecule has 2 aromatic rings. The first-order valence-electron chi connectivity index (χ1n) is 6.58. The van der Waals surface area contributed by atoms with Crippen LogP contribution in [-0.4, -0.2) is 28.5 Å². The van der Waals surface area contributed by atoms with Crippen molar-refractivity contribution < 1.29 is 14.7 Å². The van der Waals surface area contributed by atoms with Crippen molar-refractivity contribution in [3.8, 4) is 9.88 Å². The fourth-order valence-electron chi connectivity index (χ4n) is 1.72. The van der Waals surface area contributed by atoms with Gasteiger partial charge in [-0.2, -0.15) is 0 Å². The Morgan fingerprint density at radius 3 is 2.90 bits per heavy atom. The Morgan fingerprint density at radius 2 is 2.24 bits per heavy atom. The lowest BCUT2D eigenvalue weighted by Crippen LogP contribution is -2.25. The second kappa shape index (κ2) is 7.33. The first kappa shape index (κ1) is 15.7. The molecule has 0 saturated carbocycles. The molecule has 0 aliphatic carbocycles. The molecule has 2 N–H and O–H groups in total. The van der Waals surface area contributed by atoms with Crippen LogP contribution in [0.5, 0.6) is 0 Å². The molecule has 5 nitrogen and oxygen atoms in total. The summed E-state index contributed by atoms with van der Waals surface area (Å²) in [6.45, 7) is 2.13. The lowest BCUT2D eigenvalue weighted by atomic mass is 10.1. The van der Waals surface area contributed by atoms with Gasteiger partial charge in [0.25, 0.3) is 5.91 Å². The second-order valence-corrected chi connectivity index (χ2v) is 6.46. The first-order valence-corrected chi connectivity index (χ1v) is 8.34. The van der Waals surface area contributed by atoms with Crippen LogP contribution in [0.4, 0.5) is 0 Å². The van der Waals surface area contributed by atoms with Crippen molar-refractivity contribution in [3.05, 3.63) is 28.6 Å². The van der Waals surface area contributed by atoms with E-state index in [4.69, 9.17) is 5.11 Å². The number of thiazole rings is 1. The summed E-state index contributed by atoms with van der Waals surface area (Å²) in [6.07, 6.45) is 1.19. The zero-order valence-electron chi connectivity index (χ0n) is 11.5. The number of carboxylic acids is 1. The van der Waals surface area contributed by atoms with Crippen LogP contribution in [0.2, 0.25) is 0 Å². The van der Waals surface area contributed by atoms with E-state index in [9.17, 15) is 9.59 Å². The number of hydrogen-bond donors (Lipinski definition) is 2. The van der Waals surface area contributed by atoms with E-state index in [1.54, 1.807) is 23.6 Å². The zero-order chi connectivity index (χ0) is 15.2. The summed E-state index contributed by atoms with van der Waals surface area (Å²) in [5, 5.41) is 16.1. The fraction of sp³-hybridized carbons (Fsp3) is 0.357. The number of hydrogen-bond acceptors (Lipinski definition) is 5. The van der Waals surface area contributed by atoms with Gasteiger partial charge >= 0.3 is 5.97 Å². The number of carbonyl (C=O) groups is 2. The van der Waals surface area contributed by atoms with Gasteiger partial charge in [-0.25, -0.2) is 4.98 Å². The van der Waals surface area contributed by atoms with Gasteiger partial charge < -0.3 is 10.4 Å². The Kier molecular flexibility index (Phi) is 5.46. The highest BCUT2D eigenvalue weighted by Crippen LogP contribution is 2.27. The summed E-state index contributed by atoms with van der Waals surface area (Å²) in [4.78, 5) is 28.0. The topological polar surface area (TPSA) is 79.3 Å². The van der Waals surface area contributed by atoms with Gasteiger partial charge in [-0.1, -0.05) is 13.0 Å². The number of aliphatic carboxylic acids is 1. The largest absolute Gasteiger partial charge is 0.481 e. The van der Waals surface area contributed by atoms with E-state index in [1.165, 1.54) is 11.3 Å². The van der Waals surface area contributed by atoms with Crippen molar-refractivity contribution >= 4 is 34.6 Å². The molecule has 0 aliphatic rings. The third kappa shape index (κ3) is 4.37. The molecule has 2 rings (SSSR count). The molecule has 0 fully saturated rings. The Morgan fingerprint density at radius 1 is 1.43 bits per heavy atom. The molecule has 112 valence electrons. The van der Waals surface area contributed by atoms with Gasteiger partial charge in [0, 0.05) is 11.9 Å². The number of nitrogens with zero attached hydrogens (tertiary/aromatic N) is 1. The number of rotatable bonds is 7. The summed E-state index contributed by atoms with van der Waals surface area (Å²) in [6, 6.07) is 3.92. The van der Waals surface area contributed by atoms with E-state index < -0.39 is 5.97 Å². The summed E-state index contributed by atoms with van der Waals surface area (Å²) < 4.78 is 0. The predicted octanol–water partition coefficient (Wildman–Crippen LogP) is 3.10. The molecule has 2 heterocycles. The maximum Gasteiger partial charge on any atom is 0.306 e. The van der Waals surface area contributed by atoms with Crippen LogP contribution in [0.3, 0.4) is 0 Å². The molecule has 0 aromatic carbocycles. The van der Waals surface area contributed by atoms with Crippen LogP contribution < -0.4 is 5.32 Å². The second-order valence-electron chi connectivity index (χ2n) is 4.65. The van der Waals surface area contributed by atoms with Gasteiger partial charge in [0.1, 0.15) is 10.7 Å². The van der Waals surface area contributed by atoms with Crippen LogP contribution >= 0.6 is 22.7 Å². The monoisotopic (exact) mass is 324 g/mol. The highest BCUT2D eigenvalue weighted by Gasteiger charge is 2.13. The number of carboxylic acid groups (broad SMARTS) is 1. The minimum absolute atomic E-state index is 0.211. The van der Waals surface area contributed by atoms with E-state index in [-0.39, 0.29) is 11.8 Å². The van der Waals surface area contributed by atoms with Crippen LogP contribution in [0.15, 0.2) is 22.9 Å². The summed E-state index contributed by atoms with van der Waals surface area (Å²) in [5.41, 5.74) is 0.412. The molecule has 0 spiro atoms. The van der Waals surface area contributed by atoms with Crippen LogP contribution in [0, 0.1) is 5.92 Å². The van der Waals surface area contributed by atoms with Crippen LogP contribution in [0.25, 0.3) is 9.88 Å². The molecular formula is C14H16N2O3S2. The summed E-state index contributed by atoms with van der Waals surface area (Å²) in [7, 11) is 0. The predicted molar refractivity (Wildman–Crippen MR) is 83.8 cm³/mol. The summed E-state index contributed by atoms with van der Waals surface area (Å²) >= 11 is 3.03. The van der Waals surface area contributed by atoms with Gasteiger partial charge in [-0.3, -0.25) is 9.59 Å². The highest BCUT2D eigenvalue weighted by atomic mass is 32.1. The van der Waals surface area contributed by atoms with Crippen LogP contribution in [-0.2, 0) is 4.79 Å². The SMILES string of the molecule is CC(CCCNC(=O)c1csc(-c2cccs2)n1)C(=O)O. The molecule has 0 aliphatic heterocycles. The molecule has 1 amide bonds. The van der Waals surface area contributed by atoms with Gasteiger partial charge in [-0.05, 0) is 24.3 Å². The van der Waals surface area contributed by atoms with E-state index in [0.29, 0.717) is 25.1 Å². The number of aromatic nitrogens is 1. The molecule has 21 heavy (non-hydrogen) atoms. The normalized spacial score (nSPS) is 12.0. The first-order chi connectivity index (χ1) is 10.1. The third-order valence-electron chi connectivity index (χ3n) is 2.99. The maximum absolute atomic E-state index is 11.9. The lowest BCUT2D eigenvalue weighted by Gasteiger charge is -2.06. The zero-order valence-corrected chi connectivity index (χ0v) is 13.2. The Balaban J connectivity index is 1.80. The molecular weight excluding hydrogens is 308 g/mol. The molecule has 0 bridgehead atoms. The van der Waals surface area contributed by atoms with Crippen molar-refractivity contribution in [1.29, 1.82) is 0 Å². The molecule has 0 radical (unpaired) electrons. The van der Waals surface area contributed by atoms with Crippen molar-refractivity contribution in [2.45, 2.75) is 19.8 Å². The third-order valence-corrected chi connectivity index (χ3v) is 4.87. The van der Waals surface area contributed by atoms with Gasteiger partial charge in [0.05, 0.1) is 10.8 Å². The number of carbonyl (C=O) groups excluding carboxylic acids is 1. The Labute approximate surface area is 130 Å². The highest BCUT2D eigenvalue weighted by molar-refractivity contribution is 7.20. The van der Waals surface area contributed by atoms with E-state index in [0.717, 1.165) is 9.88 Å². The standard InChI is InChI=1S/C14H16N2O3S2/c1-9(14(18)19)4-2-6-15-12(17)10-8-21-13(16-10)11-5-3-7-20-11/h3,5,7-9H,2,4,6H2,1H3,(H,15,17)(H,18,19). The van der Waals surface area contributed by atoms with Crippen LogP contribution in [0.1, 0.15) is 30.3 Å². The molecule has 1 atom stereocenters. The van der Waals surface area contributed by atoms with Gasteiger partial charge in [-0.15, -0.1) is 22.7 Å². The minimum Gasteiger partial charge on any atom is -0.481 e. The quantitative estimate of drug-likeness (QED) is 0.767. The lowest BCUT2D eigenvalue weighted by molar-refractivity contribution is -0.141. The Hall–Kier alpha value is -1.73. The number of thiophene rings is 1. The van der Waals surface area contributed by atoms with E-state index in [1.807, 2.05) is 17.5 Å². The number of nitrogens with one attached hydrogen (secondary N) is 1. The molecule has 2 aromatic heterocycles. The van der Waals surface area contributed by atoms with Gasteiger partial charge in [0.15, 0.2) is 0 Å². The molecule has 0 saturated heterocycles. The van der Waals surface area contributed by atoms with Crippen molar-refractivity contribution in [1.82, 2.24) is 10.3 Å². The minimum atomic E-state index is -0.804. The smallest absolute Gasteiger partial charge is 0.306 e. The van der Waals surface area contributed by atoms with E-state index in [2.05, 4.69) is 10.3 Å². The van der Waals surface area contributed by atoms with E-state index >= 15 is 0 Å². The number of amides is 1. The fourth-order valence-corrected chi connectivity index (χ4v) is 3.33. The molecule has 7 heteroatoms. The Bertz CT molecular complexity index is 608. The van der Waals surface area contributed by atoms with Crippen molar-refractivity contribution in [2.24, 2.45) is 5.92 Å². The molecule has 1 unspecified atom stereocenters. The average Bonchev–Trinajstić information content (AvgIpc) is 3.12. The van der Waals surface area contributed by atoms with Crippen molar-refractivity contribution in [2.75, 3.05) is 6.54 Å². The average molecular weight is 324 g/mol. The van der Waals surface area contributed by atoms with Gasteiger partial charge in [0.2, 0.25) is 0 Å². The maximum atomic E-state index is 11.9. The summed E-state index contributed by atoms with van der Waals surface area (Å²) in [5.74, 6) is -1.40. The van der Waals surface area contributed by atoms with Crippen molar-refractivity contribution in [3.63, 3.8) is 0 Å².